The lowest BCUT2D eigenvalue weighted by atomic mass is 10.2. The summed E-state index contributed by atoms with van der Waals surface area (Å²) in [5.41, 5.74) is 0.441. The van der Waals surface area contributed by atoms with E-state index in [9.17, 15) is 13.2 Å². The zero-order valence-electron chi connectivity index (χ0n) is 11.4. The van der Waals surface area contributed by atoms with Gasteiger partial charge in [-0.15, -0.1) is 0 Å². The Labute approximate surface area is 120 Å². The van der Waals surface area contributed by atoms with E-state index in [-0.39, 0.29) is 28.5 Å². The summed E-state index contributed by atoms with van der Waals surface area (Å²) in [6.07, 6.45) is 3.41. The summed E-state index contributed by atoms with van der Waals surface area (Å²) in [5, 5.41) is 13.0. The van der Waals surface area contributed by atoms with Crippen molar-refractivity contribution in [2.75, 3.05) is 6.26 Å². The molecular weight excluding hydrogens is 300 g/mol. The number of nitrogens with zero attached hydrogens (tertiary/aromatic N) is 4. The normalized spacial score (nSPS) is 11.4. The zero-order valence-corrected chi connectivity index (χ0v) is 12.2. The fourth-order valence-electron chi connectivity index (χ4n) is 1.69. The van der Waals surface area contributed by atoms with Crippen LogP contribution in [0.15, 0.2) is 12.4 Å². The van der Waals surface area contributed by atoms with Crippen LogP contribution in [0.1, 0.15) is 16.2 Å². The van der Waals surface area contributed by atoms with E-state index in [1.807, 2.05) is 0 Å². The standard InChI is InChI=1S/C11H12N4O5S/c1-6-8(20-21(3,18)19)5-12-10(14-6)7-4-13-15(2)9(7)11(16)17/h4-5H,1-3H3,(H,16,17). The third-order valence-corrected chi connectivity index (χ3v) is 3.04. The van der Waals surface area contributed by atoms with E-state index in [1.165, 1.54) is 31.0 Å². The summed E-state index contributed by atoms with van der Waals surface area (Å²) in [6.45, 7) is 1.53. The Hall–Kier alpha value is -2.49. The predicted molar refractivity (Wildman–Crippen MR) is 71.4 cm³/mol. The zero-order chi connectivity index (χ0) is 15.8. The number of carbonyl (C=O) groups is 1. The topological polar surface area (TPSA) is 124 Å². The molecule has 0 atom stereocenters. The summed E-state index contributed by atoms with van der Waals surface area (Å²) in [5.74, 6) is -1.05. The van der Waals surface area contributed by atoms with Gasteiger partial charge < -0.3 is 9.29 Å². The molecule has 0 spiro atoms. The lowest BCUT2D eigenvalue weighted by molar-refractivity contribution is 0.0685. The monoisotopic (exact) mass is 312 g/mol. The molecule has 0 unspecified atom stereocenters. The highest BCUT2D eigenvalue weighted by molar-refractivity contribution is 7.86. The first-order chi connectivity index (χ1) is 9.69. The molecule has 0 amide bonds. The number of aromatic nitrogens is 4. The van der Waals surface area contributed by atoms with Gasteiger partial charge in [-0.25, -0.2) is 14.8 Å². The number of carboxylic acid groups (broad SMARTS) is 1. The molecule has 2 rings (SSSR count). The molecule has 0 fully saturated rings. The van der Waals surface area contributed by atoms with Crippen molar-refractivity contribution in [3.63, 3.8) is 0 Å². The molecule has 112 valence electrons. The van der Waals surface area contributed by atoms with Crippen molar-refractivity contribution in [2.45, 2.75) is 6.92 Å². The van der Waals surface area contributed by atoms with E-state index in [1.54, 1.807) is 0 Å². The molecular formula is C11H12N4O5S. The molecule has 0 bridgehead atoms. The molecule has 2 heterocycles. The predicted octanol–water partition coefficient (Wildman–Crippen LogP) is 0.222. The third-order valence-electron chi connectivity index (χ3n) is 2.56. The molecule has 0 radical (unpaired) electrons. The molecule has 2 aromatic rings. The van der Waals surface area contributed by atoms with Crippen molar-refractivity contribution >= 4 is 16.1 Å². The van der Waals surface area contributed by atoms with E-state index in [2.05, 4.69) is 15.1 Å². The maximum absolute atomic E-state index is 11.2. The van der Waals surface area contributed by atoms with Gasteiger partial charge in [0.15, 0.2) is 17.3 Å². The van der Waals surface area contributed by atoms with Crippen LogP contribution in [0.5, 0.6) is 5.75 Å². The summed E-state index contributed by atoms with van der Waals surface area (Å²) in [4.78, 5) is 19.2. The summed E-state index contributed by atoms with van der Waals surface area (Å²) in [7, 11) is -2.20. The Kier molecular flexibility index (Phi) is 3.64. The van der Waals surface area contributed by atoms with Crippen molar-refractivity contribution in [3.8, 4) is 17.1 Å². The van der Waals surface area contributed by atoms with E-state index in [0.717, 1.165) is 6.26 Å². The van der Waals surface area contributed by atoms with Gasteiger partial charge in [-0.1, -0.05) is 0 Å². The van der Waals surface area contributed by atoms with Crippen LogP contribution in [-0.2, 0) is 17.2 Å². The van der Waals surface area contributed by atoms with E-state index in [4.69, 9.17) is 9.29 Å². The van der Waals surface area contributed by atoms with E-state index in [0.29, 0.717) is 0 Å². The van der Waals surface area contributed by atoms with E-state index >= 15 is 0 Å². The van der Waals surface area contributed by atoms with Crippen LogP contribution in [0.4, 0.5) is 0 Å². The van der Waals surface area contributed by atoms with Crippen LogP contribution < -0.4 is 4.18 Å². The highest BCUT2D eigenvalue weighted by Crippen LogP contribution is 2.23. The molecule has 0 aliphatic heterocycles. The summed E-state index contributed by atoms with van der Waals surface area (Å²) < 4.78 is 28.1. The Morgan fingerprint density at radius 1 is 1.38 bits per heavy atom. The second-order valence-electron chi connectivity index (χ2n) is 4.27. The minimum Gasteiger partial charge on any atom is -0.477 e. The van der Waals surface area contributed by atoms with Gasteiger partial charge in [0, 0.05) is 7.05 Å². The van der Waals surface area contributed by atoms with Crippen molar-refractivity contribution in [1.82, 2.24) is 19.7 Å². The van der Waals surface area contributed by atoms with Gasteiger partial charge in [-0.3, -0.25) is 4.68 Å². The first-order valence-electron chi connectivity index (χ1n) is 5.68. The Balaban J connectivity index is 2.48. The minimum atomic E-state index is -3.69. The molecule has 1 N–H and O–H groups in total. The van der Waals surface area contributed by atoms with Crippen LogP contribution in [0.25, 0.3) is 11.4 Å². The van der Waals surface area contributed by atoms with E-state index < -0.39 is 16.1 Å². The Bertz CT molecular complexity index is 812. The van der Waals surface area contributed by atoms with Gasteiger partial charge in [0.05, 0.1) is 29.9 Å². The largest absolute Gasteiger partial charge is 0.477 e. The van der Waals surface area contributed by atoms with Crippen LogP contribution in [0, 0.1) is 6.92 Å². The SMILES string of the molecule is Cc1nc(-c2cnn(C)c2C(=O)O)ncc1OS(C)(=O)=O. The quantitative estimate of drug-likeness (QED) is 0.795. The van der Waals surface area contributed by atoms with Gasteiger partial charge in [-0.2, -0.15) is 13.5 Å². The summed E-state index contributed by atoms with van der Waals surface area (Å²) >= 11 is 0. The van der Waals surface area contributed by atoms with Crippen LogP contribution in [0.2, 0.25) is 0 Å². The van der Waals surface area contributed by atoms with Crippen molar-refractivity contribution in [2.24, 2.45) is 7.05 Å². The average Bonchev–Trinajstić information content (AvgIpc) is 2.72. The smallest absolute Gasteiger partial charge is 0.354 e. The fraction of sp³-hybridized carbons (Fsp3) is 0.273. The van der Waals surface area contributed by atoms with Gasteiger partial charge in [-0.05, 0) is 6.92 Å². The molecule has 10 heteroatoms. The van der Waals surface area contributed by atoms with Crippen LogP contribution in [0.3, 0.4) is 0 Å². The lowest BCUT2D eigenvalue weighted by Gasteiger charge is -2.07. The van der Waals surface area contributed by atoms with Crippen molar-refractivity contribution in [3.05, 3.63) is 23.8 Å². The van der Waals surface area contributed by atoms with Gasteiger partial charge in [0.2, 0.25) is 0 Å². The van der Waals surface area contributed by atoms with Crippen molar-refractivity contribution < 1.29 is 22.5 Å². The Morgan fingerprint density at radius 2 is 2.05 bits per heavy atom. The second kappa shape index (κ2) is 5.13. The molecule has 0 aliphatic carbocycles. The lowest BCUT2D eigenvalue weighted by Crippen LogP contribution is -2.09. The number of rotatable bonds is 4. The third kappa shape index (κ3) is 3.16. The highest BCUT2D eigenvalue weighted by Gasteiger charge is 2.20. The van der Waals surface area contributed by atoms with Gasteiger partial charge in [0.1, 0.15) is 0 Å². The number of hydrogen-bond donors (Lipinski definition) is 1. The van der Waals surface area contributed by atoms with Crippen molar-refractivity contribution in [1.29, 1.82) is 0 Å². The first kappa shape index (κ1) is 14.9. The molecule has 0 saturated heterocycles. The first-order valence-corrected chi connectivity index (χ1v) is 7.49. The molecule has 9 nitrogen and oxygen atoms in total. The van der Waals surface area contributed by atoms with Gasteiger partial charge in [0.25, 0.3) is 0 Å². The second-order valence-corrected chi connectivity index (χ2v) is 5.84. The number of aromatic carboxylic acids is 1. The summed E-state index contributed by atoms with van der Waals surface area (Å²) in [6, 6.07) is 0. The number of hydrogen-bond acceptors (Lipinski definition) is 7. The average molecular weight is 312 g/mol. The maximum Gasteiger partial charge on any atom is 0.354 e. The number of aryl methyl sites for hydroxylation is 2. The minimum absolute atomic E-state index is 0.0120. The molecule has 21 heavy (non-hydrogen) atoms. The van der Waals surface area contributed by atoms with Gasteiger partial charge >= 0.3 is 16.1 Å². The molecule has 2 aromatic heterocycles. The molecule has 0 aromatic carbocycles. The maximum atomic E-state index is 11.2. The molecule has 0 aliphatic rings. The Morgan fingerprint density at radius 3 is 2.57 bits per heavy atom. The highest BCUT2D eigenvalue weighted by atomic mass is 32.2. The van der Waals surface area contributed by atoms with Crippen LogP contribution in [-0.4, -0.2) is 45.5 Å². The number of carboxylic acids is 1. The van der Waals surface area contributed by atoms with Crippen LogP contribution >= 0.6 is 0 Å². The fourth-order valence-corrected chi connectivity index (χ4v) is 2.18. The molecule has 0 saturated carbocycles.